The van der Waals surface area contributed by atoms with Gasteiger partial charge in [0.05, 0.1) is 0 Å². The van der Waals surface area contributed by atoms with E-state index in [4.69, 9.17) is 35.2 Å². The van der Waals surface area contributed by atoms with E-state index in [1.54, 1.807) is 0 Å². The Morgan fingerprint density at radius 2 is 1.14 bits per heavy atom. The Morgan fingerprint density at radius 1 is 0.818 bits per heavy atom. The summed E-state index contributed by atoms with van der Waals surface area (Å²) in [4.78, 5) is 46.6. The number of hydrogen-bond donors (Lipinski definition) is 2. The van der Waals surface area contributed by atoms with E-state index in [9.17, 15) is 19.2 Å². The van der Waals surface area contributed by atoms with Crippen LogP contribution in [0.4, 0.5) is 0 Å². The lowest BCUT2D eigenvalue weighted by Crippen LogP contribution is -2.42. The largest absolute Gasteiger partial charge is 0.349 e. The summed E-state index contributed by atoms with van der Waals surface area (Å²) in [6, 6.07) is 1.85. The summed E-state index contributed by atoms with van der Waals surface area (Å²) in [6.07, 6.45) is 0. The lowest BCUT2D eigenvalue weighted by molar-refractivity contribution is -0.135. The van der Waals surface area contributed by atoms with E-state index in [2.05, 4.69) is 8.58 Å². The highest BCUT2D eigenvalue weighted by Gasteiger charge is 2.32. The normalized spacial score (nSPS) is 12.9. The Kier molecular flexibility index (Phi) is 6.44. The predicted octanol–water partition coefficient (Wildman–Crippen LogP) is 0.101. The zero-order valence-electron chi connectivity index (χ0n) is 10.8. The molecule has 4 N–H and O–H groups in total. The summed E-state index contributed by atoms with van der Waals surface area (Å²) in [5, 5.41) is 0. The van der Waals surface area contributed by atoms with Crippen molar-refractivity contribution in [3.8, 4) is 0 Å². The topological polar surface area (TPSA) is 139 Å². The molecule has 0 spiro atoms. The summed E-state index contributed by atoms with van der Waals surface area (Å²) in [5.41, 5.74) is 10.3. The van der Waals surface area contributed by atoms with Gasteiger partial charge in [-0.3, -0.25) is 9.59 Å². The van der Waals surface area contributed by atoms with Gasteiger partial charge >= 0.3 is 11.9 Å². The number of rotatable bonds is 6. The second-order valence-electron chi connectivity index (χ2n) is 4.02. The Morgan fingerprint density at radius 3 is 1.41 bits per heavy atom. The van der Waals surface area contributed by atoms with Crippen molar-refractivity contribution in [3.05, 3.63) is 35.4 Å². The van der Waals surface area contributed by atoms with Gasteiger partial charge in [-0.2, -0.15) is 0 Å². The Bertz CT molecular complexity index is 568. The summed E-state index contributed by atoms with van der Waals surface area (Å²) in [5.74, 6) is -4.25. The lowest BCUT2D eigenvalue weighted by Gasteiger charge is -2.12. The molecule has 0 aliphatic heterocycles. The van der Waals surface area contributed by atoms with Crippen LogP contribution < -0.4 is 11.5 Å². The number of benzene rings is 1. The van der Waals surface area contributed by atoms with Crippen LogP contribution in [-0.4, -0.2) is 35.6 Å². The average Bonchev–Trinajstić information content (AvgIpc) is 2.57. The summed E-state index contributed by atoms with van der Waals surface area (Å²) in [6.45, 7) is 0. The second kappa shape index (κ2) is 7.85. The van der Waals surface area contributed by atoms with Crippen molar-refractivity contribution in [2.45, 2.75) is 12.1 Å². The first-order chi connectivity index (χ1) is 10.3. The van der Waals surface area contributed by atoms with Crippen molar-refractivity contribution in [2.75, 3.05) is 0 Å². The number of Topliss-reactive ketones (excluding diaryl/α,β-unsaturated/α-hetero) is 2. The maximum atomic E-state index is 12.1. The number of halogens is 2. The average molecular weight is 349 g/mol. The highest BCUT2D eigenvalue weighted by Crippen LogP contribution is 2.14. The van der Waals surface area contributed by atoms with Crippen molar-refractivity contribution in [2.24, 2.45) is 11.5 Å². The molecule has 2 unspecified atom stereocenters. The molecule has 0 aliphatic rings. The molecule has 2 atom stereocenters. The molecule has 0 heterocycles. The molecular formula is C12H10Cl2N2O6. The van der Waals surface area contributed by atoms with Crippen LogP contribution in [0.15, 0.2) is 24.3 Å². The third-order valence-corrected chi connectivity index (χ3v) is 2.99. The monoisotopic (exact) mass is 348 g/mol. The number of hydrogen-bond acceptors (Lipinski definition) is 8. The van der Waals surface area contributed by atoms with Crippen molar-refractivity contribution < 1.29 is 27.8 Å². The van der Waals surface area contributed by atoms with Crippen LogP contribution in [0.2, 0.25) is 0 Å². The van der Waals surface area contributed by atoms with Crippen molar-refractivity contribution in [3.63, 3.8) is 0 Å². The molecule has 0 radical (unpaired) electrons. The molecule has 8 nitrogen and oxygen atoms in total. The molecule has 0 saturated heterocycles. The minimum atomic E-state index is -1.73. The molecule has 1 aromatic rings. The van der Waals surface area contributed by atoms with Crippen LogP contribution in [0.1, 0.15) is 20.7 Å². The van der Waals surface area contributed by atoms with E-state index in [1.807, 2.05) is 0 Å². The van der Waals surface area contributed by atoms with Crippen molar-refractivity contribution >= 4 is 47.2 Å². The number of carbonyl (C=O) groups excluding carboxylic acids is 4. The van der Waals surface area contributed by atoms with E-state index < -0.39 is 35.6 Å². The van der Waals surface area contributed by atoms with Gasteiger partial charge in [0, 0.05) is 11.1 Å². The van der Waals surface area contributed by atoms with Gasteiger partial charge in [0.2, 0.25) is 0 Å². The van der Waals surface area contributed by atoms with Crippen LogP contribution in [0.5, 0.6) is 0 Å². The fourth-order valence-corrected chi connectivity index (χ4v) is 1.75. The van der Waals surface area contributed by atoms with Gasteiger partial charge < -0.3 is 20.0 Å². The van der Waals surface area contributed by atoms with Gasteiger partial charge in [-0.15, -0.1) is 0 Å². The third-order valence-electron chi connectivity index (χ3n) is 2.68. The van der Waals surface area contributed by atoms with Crippen LogP contribution in [0.25, 0.3) is 0 Å². The molecule has 22 heavy (non-hydrogen) atoms. The summed E-state index contributed by atoms with van der Waals surface area (Å²) >= 11 is 9.69. The highest BCUT2D eigenvalue weighted by molar-refractivity contribution is 6.24. The molecule has 10 heteroatoms. The minimum absolute atomic E-state index is 0.222. The van der Waals surface area contributed by atoms with E-state index in [-0.39, 0.29) is 11.1 Å². The van der Waals surface area contributed by atoms with Crippen molar-refractivity contribution in [1.29, 1.82) is 0 Å². The standard InChI is InChI=1S/C12H10Cl2N2O6/c13-21-11(19)7(15)9(17)5-3-1-2-4-6(5)10(18)8(16)12(20)22-14/h1-4,7-8H,15-16H2. The zero-order chi connectivity index (χ0) is 16.9. The fraction of sp³-hybridized carbons (Fsp3) is 0.167. The van der Waals surface area contributed by atoms with Gasteiger partial charge in [0.15, 0.2) is 23.7 Å². The predicted molar refractivity (Wildman–Crippen MR) is 74.9 cm³/mol. The first-order valence-corrected chi connectivity index (χ1v) is 6.30. The maximum absolute atomic E-state index is 12.1. The quantitative estimate of drug-likeness (QED) is 0.545. The molecular weight excluding hydrogens is 339 g/mol. The number of carbonyl (C=O) groups is 4. The first kappa shape index (κ1) is 18.1. The van der Waals surface area contributed by atoms with E-state index in [1.165, 1.54) is 24.3 Å². The van der Waals surface area contributed by atoms with Gasteiger partial charge in [0.25, 0.3) is 0 Å². The zero-order valence-corrected chi connectivity index (χ0v) is 12.3. The molecule has 0 aromatic heterocycles. The summed E-state index contributed by atoms with van der Waals surface area (Å²) in [7, 11) is 0. The number of nitrogens with two attached hydrogens (primary N) is 2. The van der Waals surface area contributed by atoms with E-state index >= 15 is 0 Å². The Hall–Kier alpha value is -2.00. The smallest absolute Gasteiger partial charge is 0.345 e. The minimum Gasteiger partial charge on any atom is -0.345 e. The van der Waals surface area contributed by atoms with Gasteiger partial charge in [-0.25, -0.2) is 9.59 Å². The van der Waals surface area contributed by atoms with Crippen LogP contribution in [-0.2, 0) is 18.2 Å². The van der Waals surface area contributed by atoms with E-state index in [0.717, 1.165) is 0 Å². The SMILES string of the molecule is NC(C(=O)OCl)C(=O)c1ccccc1C(=O)C(N)C(=O)OCl. The van der Waals surface area contributed by atoms with Crippen LogP contribution in [0, 0.1) is 0 Å². The number of ketones is 2. The maximum Gasteiger partial charge on any atom is 0.349 e. The van der Waals surface area contributed by atoms with Crippen LogP contribution >= 0.6 is 23.7 Å². The molecule has 118 valence electrons. The van der Waals surface area contributed by atoms with Gasteiger partial charge in [-0.1, -0.05) is 24.3 Å². The van der Waals surface area contributed by atoms with Crippen molar-refractivity contribution in [1.82, 2.24) is 0 Å². The first-order valence-electron chi connectivity index (χ1n) is 5.68. The molecule has 1 rings (SSSR count). The molecule has 1 aromatic carbocycles. The van der Waals surface area contributed by atoms with E-state index in [0.29, 0.717) is 0 Å². The molecule has 0 fully saturated rings. The summed E-state index contributed by atoms with van der Waals surface area (Å²) < 4.78 is 7.69. The molecule has 0 bridgehead atoms. The Balaban J connectivity index is 3.20. The van der Waals surface area contributed by atoms with Gasteiger partial charge in [-0.05, 0) is 0 Å². The van der Waals surface area contributed by atoms with Gasteiger partial charge in [0.1, 0.15) is 23.7 Å². The second-order valence-corrected chi connectivity index (χ2v) is 4.33. The molecule has 0 amide bonds. The third kappa shape index (κ3) is 3.80. The molecule has 0 saturated carbocycles. The van der Waals surface area contributed by atoms with Crippen LogP contribution in [0.3, 0.4) is 0 Å². The Labute approximate surface area is 134 Å². The fourth-order valence-electron chi connectivity index (χ4n) is 1.56. The highest BCUT2D eigenvalue weighted by atomic mass is 35.5. The molecule has 0 aliphatic carbocycles. The lowest BCUT2D eigenvalue weighted by atomic mass is 9.94.